The largest absolute Gasteiger partial charge is 0.480 e. The Bertz CT molecular complexity index is 601. The summed E-state index contributed by atoms with van der Waals surface area (Å²) < 4.78 is 6.06. The van der Waals surface area contributed by atoms with Gasteiger partial charge in [-0.1, -0.05) is 39.0 Å². The van der Waals surface area contributed by atoms with Gasteiger partial charge in [0.25, 0.3) is 0 Å². The maximum absolute atomic E-state index is 12.6. The Kier molecular flexibility index (Phi) is 12.8. The van der Waals surface area contributed by atoms with Crippen LogP contribution < -0.4 is 11.2 Å². The Morgan fingerprint density at radius 3 is 2.33 bits per heavy atom. The Balaban J connectivity index is 4.93. The molecule has 0 aromatic carbocycles. The van der Waals surface area contributed by atoms with E-state index < -0.39 is 17.6 Å². The first-order chi connectivity index (χ1) is 13.9. The Morgan fingerprint density at radius 2 is 1.87 bits per heavy atom. The molecule has 0 radical (unpaired) electrons. The number of carboxylic acid groups (broad SMARTS) is 1. The summed E-state index contributed by atoms with van der Waals surface area (Å²) in [7, 11) is 0. The topological polar surface area (TPSA) is 105 Å². The van der Waals surface area contributed by atoms with Gasteiger partial charge in [0.05, 0.1) is 12.0 Å². The van der Waals surface area contributed by atoms with Gasteiger partial charge in [-0.25, -0.2) is 9.80 Å². The quantitative estimate of drug-likeness (QED) is 0.209. The SMILES string of the molecule is CC=C(C=CCC)CC(NC(=O)CC(C)(CC)OCCC(C)(C)N(N)CC)C(=O)O. The number of hydrazine groups is 1. The monoisotopic (exact) mass is 425 g/mol. The van der Waals surface area contributed by atoms with Gasteiger partial charge in [0.15, 0.2) is 0 Å². The van der Waals surface area contributed by atoms with Crippen molar-refractivity contribution < 1.29 is 19.4 Å². The minimum atomic E-state index is -1.05. The summed E-state index contributed by atoms with van der Waals surface area (Å²) in [5.41, 5.74) is -0.00132. The molecule has 7 nitrogen and oxygen atoms in total. The van der Waals surface area contributed by atoms with Gasteiger partial charge >= 0.3 is 5.97 Å². The lowest BCUT2D eigenvalue weighted by Crippen LogP contribution is -2.49. The molecule has 0 saturated heterocycles. The predicted molar refractivity (Wildman–Crippen MR) is 122 cm³/mol. The summed E-state index contributed by atoms with van der Waals surface area (Å²) in [4.78, 5) is 24.3. The van der Waals surface area contributed by atoms with Crippen molar-refractivity contribution in [1.29, 1.82) is 0 Å². The van der Waals surface area contributed by atoms with Gasteiger partial charge in [-0.05, 0) is 52.5 Å². The van der Waals surface area contributed by atoms with E-state index in [2.05, 4.69) is 19.2 Å². The number of nitrogens with zero attached hydrogens (tertiary/aromatic N) is 1. The Morgan fingerprint density at radius 1 is 1.23 bits per heavy atom. The van der Waals surface area contributed by atoms with E-state index in [1.807, 2.05) is 52.8 Å². The molecular weight excluding hydrogens is 382 g/mol. The lowest BCUT2D eigenvalue weighted by Gasteiger charge is -2.36. The van der Waals surface area contributed by atoms with Crippen molar-refractivity contribution in [2.75, 3.05) is 13.2 Å². The Labute approximate surface area is 182 Å². The van der Waals surface area contributed by atoms with Gasteiger partial charge in [-0.15, -0.1) is 0 Å². The molecule has 174 valence electrons. The molecule has 0 spiro atoms. The van der Waals surface area contributed by atoms with Crippen molar-refractivity contribution in [3.05, 3.63) is 23.8 Å². The summed E-state index contributed by atoms with van der Waals surface area (Å²) in [5.74, 6) is 4.66. The van der Waals surface area contributed by atoms with Crippen LogP contribution in [0.5, 0.6) is 0 Å². The van der Waals surface area contributed by atoms with E-state index in [-0.39, 0.29) is 24.3 Å². The number of carboxylic acids is 1. The van der Waals surface area contributed by atoms with Crippen LogP contribution in [-0.2, 0) is 14.3 Å². The lowest BCUT2D eigenvalue weighted by molar-refractivity contribution is -0.143. The van der Waals surface area contributed by atoms with Crippen LogP contribution in [-0.4, -0.2) is 52.3 Å². The molecule has 0 bridgehead atoms. The highest BCUT2D eigenvalue weighted by atomic mass is 16.5. The molecule has 0 rings (SSSR count). The number of ether oxygens (including phenoxy) is 1. The minimum absolute atomic E-state index is 0.101. The Hall–Kier alpha value is -1.70. The molecule has 1 amide bonds. The number of nitrogens with one attached hydrogen (secondary N) is 1. The molecule has 2 unspecified atom stereocenters. The third kappa shape index (κ3) is 10.4. The van der Waals surface area contributed by atoms with Gasteiger partial charge < -0.3 is 15.2 Å². The van der Waals surface area contributed by atoms with Crippen molar-refractivity contribution in [1.82, 2.24) is 10.3 Å². The highest BCUT2D eigenvalue weighted by Crippen LogP contribution is 2.23. The van der Waals surface area contributed by atoms with Crippen LogP contribution in [0.4, 0.5) is 0 Å². The molecule has 0 aliphatic rings. The van der Waals surface area contributed by atoms with Crippen molar-refractivity contribution >= 4 is 11.9 Å². The van der Waals surface area contributed by atoms with E-state index in [1.165, 1.54) is 0 Å². The summed E-state index contributed by atoms with van der Waals surface area (Å²) in [6, 6.07) is -0.972. The number of allylic oxidation sites excluding steroid dienone is 3. The molecule has 0 aliphatic carbocycles. The second-order valence-electron chi connectivity index (χ2n) is 8.51. The van der Waals surface area contributed by atoms with Gasteiger partial charge in [0.1, 0.15) is 6.04 Å². The number of nitrogens with two attached hydrogens (primary N) is 1. The lowest BCUT2D eigenvalue weighted by atomic mass is 9.96. The number of hydrogen-bond acceptors (Lipinski definition) is 5. The van der Waals surface area contributed by atoms with Gasteiger partial charge in [0, 0.05) is 25.1 Å². The molecule has 0 heterocycles. The number of aliphatic carboxylic acids is 1. The van der Waals surface area contributed by atoms with E-state index in [0.29, 0.717) is 13.0 Å². The minimum Gasteiger partial charge on any atom is -0.480 e. The van der Waals surface area contributed by atoms with Gasteiger partial charge in [-0.3, -0.25) is 10.6 Å². The first-order valence-electron chi connectivity index (χ1n) is 10.9. The summed E-state index contributed by atoms with van der Waals surface area (Å²) >= 11 is 0. The maximum atomic E-state index is 12.6. The number of rotatable bonds is 15. The molecular formula is C23H43N3O4. The highest BCUT2D eigenvalue weighted by Gasteiger charge is 2.31. The molecule has 0 fully saturated rings. The third-order valence-corrected chi connectivity index (χ3v) is 5.58. The smallest absolute Gasteiger partial charge is 0.326 e. The van der Waals surface area contributed by atoms with Crippen molar-refractivity contribution in [2.45, 2.75) is 97.8 Å². The number of hydrogen-bond donors (Lipinski definition) is 3. The van der Waals surface area contributed by atoms with E-state index >= 15 is 0 Å². The molecule has 0 saturated carbocycles. The van der Waals surface area contributed by atoms with Crippen LogP contribution in [0.1, 0.15) is 80.6 Å². The average molecular weight is 426 g/mol. The zero-order valence-corrected chi connectivity index (χ0v) is 20.0. The van der Waals surface area contributed by atoms with E-state index in [1.54, 1.807) is 5.01 Å². The third-order valence-electron chi connectivity index (χ3n) is 5.58. The summed E-state index contributed by atoms with van der Waals surface area (Å²) in [6.45, 7) is 15.0. The zero-order chi connectivity index (χ0) is 23.4. The molecule has 4 N–H and O–H groups in total. The van der Waals surface area contributed by atoms with Crippen molar-refractivity contribution in [2.24, 2.45) is 5.84 Å². The first-order valence-corrected chi connectivity index (χ1v) is 10.9. The van der Waals surface area contributed by atoms with E-state index in [4.69, 9.17) is 10.6 Å². The fourth-order valence-corrected chi connectivity index (χ4v) is 2.97. The van der Waals surface area contributed by atoms with Crippen LogP contribution >= 0.6 is 0 Å². The van der Waals surface area contributed by atoms with E-state index in [0.717, 1.165) is 25.0 Å². The number of carbonyl (C=O) groups excluding carboxylic acids is 1. The zero-order valence-electron chi connectivity index (χ0n) is 20.0. The normalized spacial score (nSPS) is 16.0. The standard InChI is InChI=1S/C23H43N3O4/c1-8-12-13-18(9-2)16-19(21(28)29)25-20(27)17-23(7,10-3)30-15-14-22(5,6)26(24)11-4/h9,12-13,19H,8,10-11,14-17,24H2,1-7H3,(H,25,27)(H,28,29). The van der Waals surface area contributed by atoms with Gasteiger partial charge in [0.2, 0.25) is 5.91 Å². The fourth-order valence-electron chi connectivity index (χ4n) is 2.97. The predicted octanol–water partition coefficient (Wildman–Crippen LogP) is 3.80. The summed E-state index contributed by atoms with van der Waals surface area (Å²) in [5, 5.41) is 14.0. The second kappa shape index (κ2) is 13.6. The second-order valence-corrected chi connectivity index (χ2v) is 8.51. The number of amides is 1. The van der Waals surface area contributed by atoms with Crippen molar-refractivity contribution in [3.63, 3.8) is 0 Å². The molecule has 2 atom stereocenters. The highest BCUT2D eigenvalue weighted by molar-refractivity contribution is 5.84. The summed E-state index contributed by atoms with van der Waals surface area (Å²) in [6.07, 6.45) is 8.31. The average Bonchev–Trinajstić information content (AvgIpc) is 2.68. The molecule has 7 heteroatoms. The fraction of sp³-hybridized carbons (Fsp3) is 0.739. The molecule has 0 aromatic heterocycles. The molecule has 0 aliphatic heterocycles. The van der Waals surface area contributed by atoms with Crippen molar-refractivity contribution in [3.8, 4) is 0 Å². The first kappa shape index (κ1) is 28.3. The van der Waals surface area contributed by atoms with Crippen LogP contribution in [0.25, 0.3) is 0 Å². The van der Waals surface area contributed by atoms with Crippen LogP contribution in [0, 0.1) is 0 Å². The van der Waals surface area contributed by atoms with Gasteiger partial charge in [-0.2, -0.15) is 0 Å². The maximum Gasteiger partial charge on any atom is 0.326 e. The molecule has 0 aromatic rings. The number of carbonyl (C=O) groups is 2. The van der Waals surface area contributed by atoms with Crippen LogP contribution in [0.15, 0.2) is 23.8 Å². The molecule has 30 heavy (non-hydrogen) atoms. The van der Waals surface area contributed by atoms with Crippen LogP contribution in [0.3, 0.4) is 0 Å². The van der Waals surface area contributed by atoms with E-state index in [9.17, 15) is 14.7 Å². The van der Waals surface area contributed by atoms with Crippen LogP contribution in [0.2, 0.25) is 0 Å².